The van der Waals surface area contributed by atoms with Gasteiger partial charge in [0.15, 0.2) is 0 Å². The molecule has 0 bridgehead atoms. The molecule has 0 radical (unpaired) electrons. The molecule has 1 aliphatic heterocycles. The van der Waals surface area contributed by atoms with Crippen molar-refractivity contribution >= 4 is 11.8 Å². The number of likely N-dealkylation sites (N-methyl/N-ethyl adjacent to an activating group) is 1. The highest BCUT2D eigenvalue weighted by Crippen LogP contribution is 2.24. The van der Waals surface area contributed by atoms with E-state index in [-0.39, 0.29) is 0 Å². The second kappa shape index (κ2) is 4.67. The van der Waals surface area contributed by atoms with Gasteiger partial charge >= 0.3 is 0 Å². The van der Waals surface area contributed by atoms with Gasteiger partial charge in [0.1, 0.15) is 0 Å². The molecule has 0 aromatic heterocycles. The quantitative estimate of drug-likeness (QED) is 0.673. The normalized spacial score (nSPS) is 22.2. The molecule has 1 fully saturated rings. The van der Waals surface area contributed by atoms with Crippen molar-refractivity contribution in [3.63, 3.8) is 0 Å². The Morgan fingerprint density at radius 1 is 1.08 bits per heavy atom. The fourth-order valence-electron chi connectivity index (χ4n) is 1.26. The van der Waals surface area contributed by atoms with E-state index < -0.39 is 0 Å². The first kappa shape index (κ1) is 11.3. The van der Waals surface area contributed by atoms with Crippen molar-refractivity contribution in [3.8, 4) is 0 Å². The van der Waals surface area contributed by atoms with Crippen LogP contribution in [0.15, 0.2) is 0 Å². The third kappa shape index (κ3) is 4.89. The molecule has 1 heterocycles. The number of hydrogen-bond acceptors (Lipinski definition) is 3. The fraction of sp³-hybridized carbons (Fsp3) is 1.00. The molecule has 13 heavy (non-hydrogen) atoms. The Balaban J connectivity index is 2.16. The minimum Gasteiger partial charge on any atom is -0.304 e. The molecule has 0 unspecified atom stereocenters. The Labute approximate surface area is 86.7 Å². The monoisotopic (exact) mass is 202 g/mol. The molecule has 2 nitrogen and oxygen atoms in total. The van der Waals surface area contributed by atoms with Gasteiger partial charge in [-0.2, -0.15) is 0 Å². The molecule has 0 aliphatic carbocycles. The van der Waals surface area contributed by atoms with Crippen LogP contribution in [0.5, 0.6) is 0 Å². The van der Waals surface area contributed by atoms with Crippen molar-refractivity contribution in [2.45, 2.75) is 25.5 Å². The smallest absolute Gasteiger partial charge is 0.0450 e. The number of thioether (sulfide) groups is 1. The van der Waals surface area contributed by atoms with Crippen molar-refractivity contribution < 1.29 is 0 Å². The lowest BCUT2D eigenvalue weighted by molar-refractivity contribution is 0.174. The van der Waals surface area contributed by atoms with E-state index >= 15 is 0 Å². The topological polar surface area (TPSA) is 6.48 Å². The Kier molecular flexibility index (Phi) is 4.07. The van der Waals surface area contributed by atoms with Crippen molar-refractivity contribution in [1.82, 2.24) is 9.80 Å². The van der Waals surface area contributed by atoms with Gasteiger partial charge in [0.2, 0.25) is 0 Å². The number of piperazine rings is 1. The highest BCUT2D eigenvalue weighted by Gasteiger charge is 2.17. The molecular formula is C10H22N2S. The van der Waals surface area contributed by atoms with Gasteiger partial charge < -0.3 is 4.90 Å². The Morgan fingerprint density at radius 3 is 2.08 bits per heavy atom. The summed E-state index contributed by atoms with van der Waals surface area (Å²) in [6.45, 7) is 11.8. The van der Waals surface area contributed by atoms with Crippen LogP contribution in [0.4, 0.5) is 0 Å². The minimum absolute atomic E-state index is 0.406. The zero-order valence-corrected chi connectivity index (χ0v) is 10.2. The summed E-state index contributed by atoms with van der Waals surface area (Å²) in [5.74, 6) is 1.19. The molecule has 0 N–H and O–H groups in total. The van der Waals surface area contributed by atoms with E-state index in [4.69, 9.17) is 0 Å². The van der Waals surface area contributed by atoms with Crippen LogP contribution in [0.25, 0.3) is 0 Å². The summed E-state index contributed by atoms with van der Waals surface area (Å²) >= 11 is 2.05. The Bertz CT molecular complexity index is 145. The lowest BCUT2D eigenvalue weighted by Gasteiger charge is -2.33. The van der Waals surface area contributed by atoms with Crippen LogP contribution < -0.4 is 0 Å². The van der Waals surface area contributed by atoms with E-state index in [1.165, 1.54) is 32.1 Å². The number of hydrogen-bond donors (Lipinski definition) is 0. The maximum atomic E-state index is 2.55. The highest BCUT2D eigenvalue weighted by atomic mass is 32.2. The van der Waals surface area contributed by atoms with Gasteiger partial charge in [0.25, 0.3) is 0 Å². The van der Waals surface area contributed by atoms with E-state index in [0.29, 0.717) is 4.75 Å². The first-order chi connectivity index (χ1) is 5.97. The summed E-state index contributed by atoms with van der Waals surface area (Å²) in [5.41, 5.74) is 0. The summed E-state index contributed by atoms with van der Waals surface area (Å²) in [5, 5.41) is 0. The van der Waals surface area contributed by atoms with Gasteiger partial charge in [-0.1, -0.05) is 20.8 Å². The lowest BCUT2D eigenvalue weighted by atomic mass is 10.3. The van der Waals surface area contributed by atoms with Gasteiger partial charge in [0, 0.05) is 36.8 Å². The molecule has 0 aromatic carbocycles. The van der Waals surface area contributed by atoms with Gasteiger partial charge in [-0.3, -0.25) is 4.90 Å². The molecule has 1 saturated heterocycles. The van der Waals surface area contributed by atoms with Gasteiger partial charge in [-0.05, 0) is 7.05 Å². The molecule has 0 amide bonds. The average Bonchev–Trinajstić information content (AvgIpc) is 2.02. The van der Waals surface area contributed by atoms with Crippen molar-refractivity contribution in [3.05, 3.63) is 0 Å². The maximum absolute atomic E-state index is 2.55. The van der Waals surface area contributed by atoms with Crippen LogP contribution in [0.1, 0.15) is 20.8 Å². The maximum Gasteiger partial charge on any atom is 0.0450 e. The summed E-state index contributed by atoms with van der Waals surface area (Å²) in [6, 6.07) is 0. The average molecular weight is 202 g/mol. The number of rotatable bonds is 2. The van der Waals surface area contributed by atoms with Crippen LogP contribution in [-0.2, 0) is 0 Å². The van der Waals surface area contributed by atoms with E-state index in [1.54, 1.807) is 0 Å². The molecule has 0 saturated carbocycles. The molecule has 0 atom stereocenters. The molecule has 0 spiro atoms. The molecule has 78 valence electrons. The molecule has 1 rings (SSSR count). The van der Waals surface area contributed by atoms with Crippen LogP contribution in [-0.4, -0.2) is 53.7 Å². The summed E-state index contributed by atoms with van der Waals surface area (Å²) in [6.07, 6.45) is 0. The van der Waals surface area contributed by atoms with Gasteiger partial charge in [-0.25, -0.2) is 0 Å². The number of nitrogens with zero attached hydrogens (tertiary/aromatic N) is 2. The molecular weight excluding hydrogens is 180 g/mol. The zero-order valence-electron chi connectivity index (χ0n) is 9.34. The standard InChI is InChI=1S/C10H22N2S/c1-10(2,3)13-9-12-7-5-11(4)6-8-12/h5-9H2,1-4H3. The van der Waals surface area contributed by atoms with Gasteiger partial charge in [0.05, 0.1) is 0 Å². The largest absolute Gasteiger partial charge is 0.304 e. The van der Waals surface area contributed by atoms with Crippen molar-refractivity contribution in [2.75, 3.05) is 39.1 Å². The predicted molar refractivity (Wildman–Crippen MR) is 61.3 cm³/mol. The van der Waals surface area contributed by atoms with E-state index in [1.807, 2.05) is 11.8 Å². The fourth-order valence-corrected chi connectivity index (χ4v) is 2.09. The van der Waals surface area contributed by atoms with Gasteiger partial charge in [-0.15, -0.1) is 11.8 Å². The van der Waals surface area contributed by atoms with Crippen LogP contribution >= 0.6 is 11.8 Å². The molecule has 1 aliphatic rings. The predicted octanol–water partition coefficient (Wildman–Crippen LogP) is 1.72. The van der Waals surface area contributed by atoms with E-state index in [0.717, 1.165) is 0 Å². The molecule has 0 aromatic rings. The summed E-state index contributed by atoms with van der Waals surface area (Å²) in [7, 11) is 2.20. The lowest BCUT2D eigenvalue weighted by Crippen LogP contribution is -2.44. The summed E-state index contributed by atoms with van der Waals surface area (Å²) in [4.78, 5) is 4.95. The van der Waals surface area contributed by atoms with Crippen molar-refractivity contribution in [2.24, 2.45) is 0 Å². The summed E-state index contributed by atoms with van der Waals surface area (Å²) < 4.78 is 0.406. The minimum atomic E-state index is 0.406. The third-order valence-corrected chi connectivity index (χ3v) is 3.64. The van der Waals surface area contributed by atoms with Crippen LogP contribution in [0.2, 0.25) is 0 Å². The second-order valence-corrected chi connectivity index (χ2v) is 6.58. The first-order valence-corrected chi connectivity index (χ1v) is 6.01. The first-order valence-electron chi connectivity index (χ1n) is 5.02. The third-order valence-electron chi connectivity index (χ3n) is 2.28. The highest BCUT2D eigenvalue weighted by molar-refractivity contribution is 8.00. The van der Waals surface area contributed by atoms with E-state index in [2.05, 4.69) is 37.6 Å². The van der Waals surface area contributed by atoms with Crippen LogP contribution in [0.3, 0.4) is 0 Å². The zero-order chi connectivity index (χ0) is 9.90. The van der Waals surface area contributed by atoms with Crippen LogP contribution in [0, 0.1) is 0 Å². The second-order valence-electron chi connectivity index (χ2n) is 4.81. The Hall–Kier alpha value is 0.270. The SMILES string of the molecule is CN1CCN(CSC(C)(C)C)CC1. The van der Waals surface area contributed by atoms with E-state index in [9.17, 15) is 0 Å². The molecule has 3 heteroatoms. The Morgan fingerprint density at radius 2 is 1.62 bits per heavy atom. The van der Waals surface area contributed by atoms with Crippen molar-refractivity contribution in [1.29, 1.82) is 0 Å².